The molecule has 2 unspecified atom stereocenters. The predicted octanol–water partition coefficient (Wildman–Crippen LogP) is 3.19. The average Bonchev–Trinajstić information content (AvgIpc) is 2.84. The third kappa shape index (κ3) is 3.09. The molecule has 0 radical (unpaired) electrons. The standard InChI is InChI=1S/C14H21BrN2/c1-3-17(14-8-9-16-10-14)11(2)12-4-6-13(15)7-5-12/h4-7,11,14,16H,3,8-10H2,1-2H3. The average molecular weight is 297 g/mol. The minimum absolute atomic E-state index is 0.498. The van der Waals surface area contributed by atoms with E-state index in [-0.39, 0.29) is 0 Å². The number of likely N-dealkylation sites (N-methyl/N-ethyl adjacent to an activating group) is 1. The Morgan fingerprint density at radius 2 is 2.12 bits per heavy atom. The molecule has 0 bridgehead atoms. The lowest BCUT2D eigenvalue weighted by molar-refractivity contribution is 0.162. The third-order valence-electron chi connectivity index (χ3n) is 3.72. The Bertz CT molecular complexity index is 344. The van der Waals surface area contributed by atoms with Crippen molar-refractivity contribution in [3.8, 4) is 0 Å². The molecule has 0 amide bonds. The van der Waals surface area contributed by atoms with Gasteiger partial charge in [-0.1, -0.05) is 35.0 Å². The third-order valence-corrected chi connectivity index (χ3v) is 4.25. The van der Waals surface area contributed by atoms with E-state index in [1.807, 2.05) is 0 Å². The van der Waals surface area contributed by atoms with Gasteiger partial charge in [0.2, 0.25) is 0 Å². The molecule has 1 aromatic rings. The van der Waals surface area contributed by atoms with E-state index in [2.05, 4.69) is 64.3 Å². The van der Waals surface area contributed by atoms with E-state index in [0.717, 1.165) is 24.1 Å². The molecule has 1 aliphatic rings. The summed E-state index contributed by atoms with van der Waals surface area (Å²) in [5.41, 5.74) is 1.40. The van der Waals surface area contributed by atoms with Gasteiger partial charge in [0, 0.05) is 23.1 Å². The van der Waals surface area contributed by atoms with E-state index in [9.17, 15) is 0 Å². The molecular formula is C14H21BrN2. The highest BCUT2D eigenvalue weighted by atomic mass is 79.9. The topological polar surface area (TPSA) is 15.3 Å². The highest BCUT2D eigenvalue weighted by Crippen LogP contribution is 2.25. The van der Waals surface area contributed by atoms with Gasteiger partial charge >= 0.3 is 0 Å². The first kappa shape index (κ1) is 13.1. The summed E-state index contributed by atoms with van der Waals surface area (Å²) in [4.78, 5) is 2.60. The number of nitrogens with one attached hydrogen (secondary N) is 1. The largest absolute Gasteiger partial charge is 0.315 e. The molecule has 1 saturated heterocycles. The lowest BCUT2D eigenvalue weighted by Gasteiger charge is -2.33. The maximum atomic E-state index is 3.49. The second-order valence-corrected chi connectivity index (χ2v) is 5.62. The van der Waals surface area contributed by atoms with Crippen molar-refractivity contribution in [2.45, 2.75) is 32.4 Å². The molecule has 0 spiro atoms. The number of halogens is 1. The van der Waals surface area contributed by atoms with Gasteiger partial charge in [-0.25, -0.2) is 0 Å². The van der Waals surface area contributed by atoms with Crippen molar-refractivity contribution in [2.75, 3.05) is 19.6 Å². The van der Waals surface area contributed by atoms with Crippen molar-refractivity contribution in [3.05, 3.63) is 34.3 Å². The second-order valence-electron chi connectivity index (χ2n) is 4.70. The Labute approximate surface area is 113 Å². The van der Waals surface area contributed by atoms with Crippen LogP contribution in [0.2, 0.25) is 0 Å². The van der Waals surface area contributed by atoms with Crippen LogP contribution in [0.15, 0.2) is 28.7 Å². The first-order valence-corrected chi connectivity index (χ1v) is 7.23. The van der Waals surface area contributed by atoms with Gasteiger partial charge in [0.05, 0.1) is 0 Å². The van der Waals surface area contributed by atoms with Crippen LogP contribution < -0.4 is 5.32 Å². The van der Waals surface area contributed by atoms with Crippen molar-refractivity contribution in [1.82, 2.24) is 10.2 Å². The van der Waals surface area contributed by atoms with E-state index >= 15 is 0 Å². The Morgan fingerprint density at radius 1 is 1.41 bits per heavy atom. The van der Waals surface area contributed by atoms with Crippen LogP contribution in [0, 0.1) is 0 Å². The second kappa shape index (κ2) is 5.98. The van der Waals surface area contributed by atoms with Crippen molar-refractivity contribution in [1.29, 1.82) is 0 Å². The molecule has 1 aliphatic heterocycles. The van der Waals surface area contributed by atoms with Gasteiger partial charge in [-0.3, -0.25) is 4.90 Å². The lowest BCUT2D eigenvalue weighted by Crippen LogP contribution is -2.38. The van der Waals surface area contributed by atoms with Crippen LogP contribution in [0.25, 0.3) is 0 Å². The van der Waals surface area contributed by atoms with Gasteiger partial charge in [0.1, 0.15) is 0 Å². The Hall–Kier alpha value is -0.380. The molecular weight excluding hydrogens is 276 g/mol. The summed E-state index contributed by atoms with van der Waals surface area (Å²) in [5.74, 6) is 0. The molecule has 1 heterocycles. The van der Waals surface area contributed by atoms with Gasteiger partial charge in [-0.15, -0.1) is 0 Å². The summed E-state index contributed by atoms with van der Waals surface area (Å²) in [6, 6.07) is 9.90. The molecule has 2 rings (SSSR count). The minimum Gasteiger partial charge on any atom is -0.315 e. The Balaban J connectivity index is 2.10. The van der Waals surface area contributed by atoms with E-state index in [1.165, 1.54) is 12.0 Å². The first-order chi connectivity index (χ1) is 8.22. The van der Waals surface area contributed by atoms with Crippen LogP contribution in [-0.2, 0) is 0 Å². The van der Waals surface area contributed by atoms with Gasteiger partial charge in [-0.05, 0) is 44.1 Å². The quantitative estimate of drug-likeness (QED) is 0.918. The lowest BCUT2D eigenvalue weighted by atomic mass is 10.0. The van der Waals surface area contributed by atoms with Crippen LogP contribution in [0.3, 0.4) is 0 Å². The number of nitrogens with zero attached hydrogens (tertiary/aromatic N) is 1. The van der Waals surface area contributed by atoms with Crippen molar-refractivity contribution in [2.24, 2.45) is 0 Å². The summed E-state index contributed by atoms with van der Waals surface area (Å²) in [5, 5.41) is 3.45. The summed E-state index contributed by atoms with van der Waals surface area (Å²) >= 11 is 3.49. The smallest absolute Gasteiger partial charge is 0.0323 e. The van der Waals surface area contributed by atoms with Crippen LogP contribution >= 0.6 is 15.9 Å². The van der Waals surface area contributed by atoms with Gasteiger partial charge in [0.25, 0.3) is 0 Å². The normalized spacial score (nSPS) is 22.0. The zero-order chi connectivity index (χ0) is 12.3. The summed E-state index contributed by atoms with van der Waals surface area (Å²) < 4.78 is 1.15. The monoisotopic (exact) mass is 296 g/mol. The van der Waals surface area contributed by atoms with Crippen molar-refractivity contribution in [3.63, 3.8) is 0 Å². The Kier molecular flexibility index (Phi) is 4.60. The molecule has 2 nitrogen and oxygen atoms in total. The van der Waals surface area contributed by atoms with Gasteiger partial charge < -0.3 is 5.32 Å². The molecule has 94 valence electrons. The number of hydrogen-bond donors (Lipinski definition) is 1. The fraction of sp³-hybridized carbons (Fsp3) is 0.571. The highest BCUT2D eigenvalue weighted by molar-refractivity contribution is 9.10. The molecule has 1 N–H and O–H groups in total. The van der Waals surface area contributed by atoms with Crippen molar-refractivity contribution < 1.29 is 0 Å². The number of hydrogen-bond acceptors (Lipinski definition) is 2. The molecule has 1 fully saturated rings. The Morgan fingerprint density at radius 3 is 2.65 bits per heavy atom. The molecule has 2 atom stereocenters. The van der Waals surface area contributed by atoms with E-state index < -0.39 is 0 Å². The summed E-state index contributed by atoms with van der Waals surface area (Å²) in [6.45, 7) is 7.98. The number of rotatable bonds is 4. The zero-order valence-electron chi connectivity index (χ0n) is 10.6. The van der Waals surface area contributed by atoms with Crippen LogP contribution in [0.1, 0.15) is 31.9 Å². The van der Waals surface area contributed by atoms with Crippen LogP contribution in [0.5, 0.6) is 0 Å². The number of benzene rings is 1. The van der Waals surface area contributed by atoms with Gasteiger partial charge in [-0.2, -0.15) is 0 Å². The molecule has 0 aliphatic carbocycles. The van der Waals surface area contributed by atoms with E-state index in [1.54, 1.807) is 0 Å². The highest BCUT2D eigenvalue weighted by Gasteiger charge is 2.25. The van der Waals surface area contributed by atoms with E-state index in [4.69, 9.17) is 0 Å². The van der Waals surface area contributed by atoms with Gasteiger partial charge in [0.15, 0.2) is 0 Å². The molecule has 0 saturated carbocycles. The summed E-state index contributed by atoms with van der Waals surface area (Å²) in [6.07, 6.45) is 1.27. The van der Waals surface area contributed by atoms with Crippen LogP contribution in [-0.4, -0.2) is 30.6 Å². The maximum Gasteiger partial charge on any atom is 0.0323 e. The minimum atomic E-state index is 0.498. The summed E-state index contributed by atoms with van der Waals surface area (Å²) in [7, 11) is 0. The fourth-order valence-corrected chi connectivity index (χ4v) is 2.97. The molecule has 0 aromatic heterocycles. The maximum absolute atomic E-state index is 3.49. The molecule has 3 heteroatoms. The van der Waals surface area contributed by atoms with Crippen molar-refractivity contribution >= 4 is 15.9 Å². The molecule has 1 aromatic carbocycles. The first-order valence-electron chi connectivity index (χ1n) is 6.44. The predicted molar refractivity (Wildman–Crippen MR) is 76.2 cm³/mol. The molecule has 17 heavy (non-hydrogen) atoms. The van der Waals surface area contributed by atoms with E-state index in [0.29, 0.717) is 12.1 Å². The SMILES string of the molecule is CCN(C1CCNC1)C(C)c1ccc(Br)cc1. The zero-order valence-corrected chi connectivity index (χ0v) is 12.2. The fourth-order valence-electron chi connectivity index (χ4n) is 2.70. The van der Waals surface area contributed by atoms with Crippen LogP contribution in [0.4, 0.5) is 0 Å².